The fourth-order valence-electron chi connectivity index (χ4n) is 4.29. The lowest BCUT2D eigenvalue weighted by Gasteiger charge is -2.28. The molecule has 14 heteroatoms. The van der Waals surface area contributed by atoms with Gasteiger partial charge in [0.05, 0.1) is 17.4 Å². The van der Waals surface area contributed by atoms with Crippen molar-refractivity contribution in [3.05, 3.63) is 41.9 Å². The number of anilines is 1. The zero-order valence-corrected chi connectivity index (χ0v) is 22.0. The minimum absolute atomic E-state index is 0.208. The molecule has 0 saturated heterocycles. The van der Waals surface area contributed by atoms with Crippen LogP contribution in [0.4, 0.5) is 5.82 Å². The van der Waals surface area contributed by atoms with Crippen LogP contribution in [-0.2, 0) is 7.05 Å². The van der Waals surface area contributed by atoms with Gasteiger partial charge >= 0.3 is 0 Å². The molecule has 0 aliphatic carbocycles. The summed E-state index contributed by atoms with van der Waals surface area (Å²) < 4.78 is 8.27. The van der Waals surface area contributed by atoms with Gasteiger partial charge in [0.25, 0.3) is 5.91 Å². The highest BCUT2D eigenvalue weighted by Crippen LogP contribution is 2.25. The van der Waals surface area contributed by atoms with E-state index < -0.39 is 0 Å². The van der Waals surface area contributed by atoms with Gasteiger partial charge in [0.15, 0.2) is 5.82 Å². The lowest BCUT2D eigenvalue weighted by Crippen LogP contribution is -2.51. The van der Waals surface area contributed by atoms with E-state index in [9.17, 15) is 4.79 Å². The van der Waals surface area contributed by atoms with E-state index >= 15 is 0 Å². The van der Waals surface area contributed by atoms with Crippen LogP contribution in [-0.4, -0.2) is 85.9 Å². The summed E-state index contributed by atoms with van der Waals surface area (Å²) in [6, 6.07) is 7.83. The number of aromatic nitrogens is 4. The summed E-state index contributed by atoms with van der Waals surface area (Å²) in [5.41, 5.74) is 7.16. The molecule has 35 heavy (non-hydrogen) atoms. The molecule has 0 unspecified atom stereocenters. The summed E-state index contributed by atoms with van der Waals surface area (Å²) in [5, 5.41) is 12.1. The average Bonchev–Trinajstić information content (AvgIpc) is 3.12. The molecule has 1 N–H and O–H groups in total. The predicted octanol–water partition coefficient (Wildman–Crippen LogP) is -6.49. The second kappa shape index (κ2) is 9.06. The van der Waals surface area contributed by atoms with E-state index in [0.717, 1.165) is 55.6 Å². The van der Waals surface area contributed by atoms with Gasteiger partial charge in [-0.25, -0.2) is 4.98 Å². The molecule has 7 nitrogen and oxygen atoms in total. The molecule has 4 rings (SSSR count). The fourth-order valence-corrected chi connectivity index (χ4v) is 4.29. The van der Waals surface area contributed by atoms with Crippen LogP contribution in [0.2, 0.25) is 0 Å². The lowest BCUT2D eigenvalue weighted by atomic mass is 9.52. The standard InChI is InChI=1S/C21H26B7N5O2/c1-8-29-7-12(33(8)2)9-3-4-11-10(5-9)6-13(32-31-11)30-20(34)14-15(22)17(24)19(18(25)16(14)23)35-21(26,27)28/h3-7H,22-28H2,1-2H3,(H,30,32,34). The first-order valence-electron chi connectivity index (χ1n) is 11.7. The molecule has 2 aromatic carbocycles. The highest BCUT2D eigenvalue weighted by atomic mass is 16.5. The number of amides is 1. The Kier molecular flexibility index (Phi) is 6.43. The van der Waals surface area contributed by atoms with Crippen LogP contribution < -0.4 is 31.9 Å². The van der Waals surface area contributed by atoms with Crippen molar-refractivity contribution in [2.24, 2.45) is 7.05 Å². The molecule has 2 aromatic heterocycles. The molecule has 0 aliphatic heterocycles. The summed E-state index contributed by atoms with van der Waals surface area (Å²) >= 11 is 0. The van der Waals surface area contributed by atoms with Gasteiger partial charge in [-0.1, -0.05) is 27.9 Å². The van der Waals surface area contributed by atoms with E-state index in [1.165, 1.54) is 0 Å². The monoisotopic (exact) mass is 457 g/mol. The summed E-state index contributed by atoms with van der Waals surface area (Å²) in [7, 11) is 16.0. The van der Waals surface area contributed by atoms with Gasteiger partial charge in [-0.3, -0.25) is 4.79 Å². The van der Waals surface area contributed by atoms with E-state index in [4.69, 9.17) is 4.74 Å². The minimum atomic E-state index is -0.327. The molecule has 0 saturated carbocycles. The zero-order valence-electron chi connectivity index (χ0n) is 22.0. The fraction of sp³-hybridized carbons (Fsp3) is 0.143. The first-order chi connectivity index (χ1) is 16.4. The van der Waals surface area contributed by atoms with Crippen molar-refractivity contribution >= 4 is 99.4 Å². The quantitative estimate of drug-likeness (QED) is 0.303. The first kappa shape index (κ1) is 24.8. The SMILES string of the molecule is Bc1c(B)c(C(=O)Nc2cc3cc(-c4cnc(C)n4C)ccc3nn2)c(B)c(B)c1OC(B)(B)B. The average molecular weight is 456 g/mol. The number of imidazole rings is 1. The number of aryl methyl sites for hydroxylation is 1. The molecule has 2 heterocycles. The van der Waals surface area contributed by atoms with E-state index in [-0.39, 0.29) is 11.2 Å². The van der Waals surface area contributed by atoms with Crippen LogP contribution in [0, 0.1) is 6.92 Å². The van der Waals surface area contributed by atoms with Crippen molar-refractivity contribution in [1.29, 1.82) is 0 Å². The highest BCUT2D eigenvalue weighted by molar-refractivity contribution is 6.62. The van der Waals surface area contributed by atoms with Gasteiger partial charge in [0.2, 0.25) is 0 Å². The smallest absolute Gasteiger partial charge is 0.255 e. The van der Waals surface area contributed by atoms with E-state index in [1.807, 2.05) is 104 Å². The Morgan fingerprint density at radius 2 is 1.66 bits per heavy atom. The van der Waals surface area contributed by atoms with Gasteiger partial charge < -0.3 is 14.6 Å². The van der Waals surface area contributed by atoms with Gasteiger partial charge in [-0.05, 0) is 25.1 Å². The Balaban J connectivity index is 1.69. The lowest BCUT2D eigenvalue weighted by molar-refractivity contribution is 0.102. The van der Waals surface area contributed by atoms with Crippen molar-refractivity contribution in [3.8, 4) is 17.0 Å². The third-order valence-corrected chi connectivity index (χ3v) is 6.53. The van der Waals surface area contributed by atoms with Crippen LogP contribution in [0.25, 0.3) is 22.2 Å². The number of hydrogen-bond donors (Lipinski definition) is 1. The second-order valence-corrected chi connectivity index (χ2v) is 10.1. The first-order valence-corrected chi connectivity index (χ1v) is 11.7. The van der Waals surface area contributed by atoms with Crippen molar-refractivity contribution < 1.29 is 9.53 Å². The number of rotatable bonds is 5. The Morgan fingerprint density at radius 1 is 1.00 bits per heavy atom. The summed E-state index contributed by atoms with van der Waals surface area (Å²) in [6.45, 7) is 1.97. The predicted molar refractivity (Wildman–Crippen MR) is 163 cm³/mol. The van der Waals surface area contributed by atoms with Crippen LogP contribution in [0.15, 0.2) is 30.5 Å². The Labute approximate surface area is 212 Å². The third-order valence-electron chi connectivity index (χ3n) is 6.53. The Hall–Kier alpha value is -3.29. The number of fused-ring (bicyclic) bond motifs is 1. The molecular weight excluding hydrogens is 430 g/mol. The normalized spacial score (nSPS) is 11.5. The molecule has 0 bridgehead atoms. The van der Waals surface area contributed by atoms with Gasteiger partial charge in [0.1, 0.15) is 66.5 Å². The summed E-state index contributed by atoms with van der Waals surface area (Å²) in [6.07, 6.45) is 1.86. The number of nitrogens with one attached hydrogen (secondary N) is 1. The minimum Gasteiger partial charge on any atom is -0.515 e. The van der Waals surface area contributed by atoms with Crippen LogP contribution in [0.3, 0.4) is 0 Å². The maximum absolute atomic E-state index is 13.4. The molecule has 168 valence electrons. The zero-order chi connectivity index (χ0) is 25.7. The molecule has 0 aliphatic rings. The number of benzene rings is 2. The van der Waals surface area contributed by atoms with Crippen molar-refractivity contribution in [2.75, 3.05) is 5.32 Å². The summed E-state index contributed by atoms with van der Waals surface area (Å²) in [4.78, 5) is 17.8. The van der Waals surface area contributed by atoms with E-state index in [2.05, 4.69) is 20.5 Å². The number of carbonyl (C=O) groups excluding carboxylic acids is 1. The highest BCUT2D eigenvalue weighted by Gasteiger charge is 2.23. The number of nitrogens with zero attached hydrogens (tertiary/aromatic N) is 4. The Morgan fingerprint density at radius 3 is 2.23 bits per heavy atom. The van der Waals surface area contributed by atoms with E-state index in [1.54, 1.807) is 0 Å². The topological polar surface area (TPSA) is 81.9 Å². The molecule has 0 spiro atoms. The second-order valence-electron chi connectivity index (χ2n) is 10.1. The van der Waals surface area contributed by atoms with E-state index in [0.29, 0.717) is 11.4 Å². The molecule has 0 fully saturated rings. The van der Waals surface area contributed by atoms with Crippen molar-refractivity contribution in [2.45, 2.75) is 12.2 Å². The number of ether oxygens (including phenoxy) is 1. The third kappa shape index (κ3) is 4.79. The largest absolute Gasteiger partial charge is 0.515 e. The molecule has 1 amide bonds. The molecule has 0 radical (unpaired) electrons. The molecule has 4 aromatic rings. The van der Waals surface area contributed by atoms with Crippen LogP contribution in [0.5, 0.6) is 5.75 Å². The van der Waals surface area contributed by atoms with Gasteiger partial charge in [-0.2, -0.15) is 0 Å². The maximum atomic E-state index is 13.4. The van der Waals surface area contributed by atoms with Crippen molar-refractivity contribution in [1.82, 2.24) is 19.7 Å². The van der Waals surface area contributed by atoms with Gasteiger partial charge in [0, 0.05) is 28.9 Å². The number of hydrogen-bond acceptors (Lipinski definition) is 5. The molecular formula is C21H26B7N5O2. The van der Waals surface area contributed by atoms with Gasteiger partial charge in [-0.15, -0.1) is 10.2 Å². The van der Waals surface area contributed by atoms with Crippen LogP contribution in [0.1, 0.15) is 16.2 Å². The molecule has 0 atom stereocenters. The summed E-state index contributed by atoms with van der Waals surface area (Å²) in [5.74, 6) is 1.98. The maximum Gasteiger partial charge on any atom is 0.255 e. The van der Waals surface area contributed by atoms with Crippen molar-refractivity contribution in [3.63, 3.8) is 0 Å². The number of carbonyl (C=O) groups is 1. The van der Waals surface area contributed by atoms with Crippen LogP contribution >= 0.6 is 0 Å². The Bertz CT molecular complexity index is 1450.